The Kier molecular flexibility index (Phi) is 6.65. The smallest absolute Gasteiger partial charge is 0.322 e. The lowest BCUT2D eigenvalue weighted by atomic mass is 10.0. The van der Waals surface area contributed by atoms with Gasteiger partial charge < -0.3 is 25.3 Å². The number of aromatic nitrogens is 3. The molecule has 0 aliphatic carbocycles. The minimum atomic E-state index is -1.26. The Morgan fingerprint density at radius 1 is 1.21 bits per heavy atom. The fourth-order valence-corrected chi connectivity index (χ4v) is 3.96. The van der Waals surface area contributed by atoms with Crippen molar-refractivity contribution in [3.05, 3.63) is 53.9 Å². The van der Waals surface area contributed by atoms with Gasteiger partial charge in [0.1, 0.15) is 29.3 Å². The van der Waals surface area contributed by atoms with Gasteiger partial charge >= 0.3 is 6.03 Å². The topological polar surface area (TPSA) is 106 Å². The number of nitrogens with zero attached hydrogens (tertiary/aromatic N) is 5. The lowest BCUT2D eigenvalue weighted by molar-refractivity contribution is 0.168. The lowest BCUT2D eigenvalue weighted by Crippen LogP contribution is -2.38. The van der Waals surface area contributed by atoms with Gasteiger partial charge in [-0.25, -0.2) is 27.5 Å². The number of alkyl halides is 1. The molecule has 1 fully saturated rings. The minimum absolute atomic E-state index is 0.0205. The summed E-state index contributed by atoms with van der Waals surface area (Å²) >= 11 is 0. The molecule has 3 N–H and O–H groups in total. The van der Waals surface area contributed by atoms with Crippen LogP contribution in [0.1, 0.15) is 18.0 Å². The van der Waals surface area contributed by atoms with Crippen LogP contribution >= 0.6 is 0 Å². The molecule has 1 aliphatic rings. The monoisotopic (exact) mass is 464 g/mol. The zero-order valence-electron chi connectivity index (χ0n) is 17.5. The van der Waals surface area contributed by atoms with Crippen molar-refractivity contribution in [2.75, 3.05) is 43.1 Å². The van der Waals surface area contributed by atoms with Crippen LogP contribution in [0.2, 0.25) is 0 Å². The largest absolute Gasteiger partial charge is 0.395 e. The molecule has 2 atom stereocenters. The van der Waals surface area contributed by atoms with Crippen LogP contribution in [0.3, 0.4) is 0 Å². The first-order valence-electron chi connectivity index (χ1n) is 10.4. The number of carbonyl (C=O) groups is 1. The molecule has 33 heavy (non-hydrogen) atoms. The third-order valence-electron chi connectivity index (χ3n) is 5.48. The van der Waals surface area contributed by atoms with Crippen molar-refractivity contribution in [3.63, 3.8) is 0 Å². The van der Waals surface area contributed by atoms with Gasteiger partial charge in [0, 0.05) is 31.3 Å². The maximum absolute atomic E-state index is 14.4. The standard InChI is InChI=1S/C21H23F3N6O3/c22-13-1-2-16(24)15(9-13)18-10-14(23)12-29(18)19-3-4-30-20(27-19)17(11-25-30)26-21(33)28(5-7-31)6-8-32/h1-4,9,11,14,18,31-32H,5-8,10,12H2,(H,26,33)/t14-,18+/m0/s1. The van der Waals surface area contributed by atoms with Gasteiger partial charge in [0.2, 0.25) is 0 Å². The van der Waals surface area contributed by atoms with Gasteiger partial charge in [0.05, 0.1) is 32.0 Å². The third-order valence-corrected chi connectivity index (χ3v) is 5.48. The van der Waals surface area contributed by atoms with Crippen molar-refractivity contribution >= 4 is 23.2 Å². The Labute approximate surface area is 187 Å². The fourth-order valence-electron chi connectivity index (χ4n) is 3.96. The number of hydrogen-bond donors (Lipinski definition) is 3. The number of urea groups is 1. The molecule has 0 saturated carbocycles. The van der Waals surface area contributed by atoms with Gasteiger partial charge in [-0.15, -0.1) is 0 Å². The quantitative estimate of drug-likeness (QED) is 0.495. The molecule has 3 heterocycles. The van der Waals surface area contributed by atoms with Gasteiger partial charge in [-0.2, -0.15) is 5.10 Å². The van der Waals surface area contributed by atoms with E-state index >= 15 is 0 Å². The van der Waals surface area contributed by atoms with Crippen molar-refractivity contribution in [3.8, 4) is 0 Å². The van der Waals surface area contributed by atoms with E-state index in [4.69, 9.17) is 10.2 Å². The molecular formula is C21H23F3N6O3. The normalized spacial score (nSPS) is 18.2. The molecule has 2 amide bonds. The van der Waals surface area contributed by atoms with Gasteiger partial charge in [-0.1, -0.05) is 0 Å². The first-order chi connectivity index (χ1) is 15.9. The Hall–Kier alpha value is -3.38. The Morgan fingerprint density at radius 2 is 1.97 bits per heavy atom. The molecule has 0 bridgehead atoms. The van der Waals surface area contributed by atoms with Crippen LogP contribution in [0, 0.1) is 11.6 Å². The molecule has 176 valence electrons. The molecule has 2 aromatic heterocycles. The van der Waals surface area contributed by atoms with Crippen molar-refractivity contribution < 1.29 is 28.2 Å². The van der Waals surface area contributed by atoms with Crippen molar-refractivity contribution in [2.24, 2.45) is 0 Å². The number of amides is 2. The lowest BCUT2D eigenvalue weighted by Gasteiger charge is -2.26. The van der Waals surface area contributed by atoms with Crippen LogP contribution in [-0.2, 0) is 0 Å². The average Bonchev–Trinajstić information content (AvgIpc) is 3.38. The summed E-state index contributed by atoms with van der Waals surface area (Å²) in [6, 6.07) is 3.34. The SMILES string of the molecule is O=C(Nc1cnn2ccc(N3C[C@@H](F)C[C@@H]3c3cc(F)ccc3F)nc12)N(CCO)CCO. The summed E-state index contributed by atoms with van der Waals surface area (Å²) < 4.78 is 43.9. The first-order valence-corrected chi connectivity index (χ1v) is 10.4. The van der Waals surface area contributed by atoms with Crippen LogP contribution in [0.5, 0.6) is 0 Å². The molecule has 0 unspecified atom stereocenters. The van der Waals surface area contributed by atoms with Crippen molar-refractivity contribution in [1.29, 1.82) is 0 Å². The second kappa shape index (κ2) is 9.63. The molecular weight excluding hydrogens is 441 g/mol. The Bertz CT molecular complexity index is 1140. The maximum atomic E-state index is 14.4. The van der Waals surface area contributed by atoms with E-state index in [1.807, 2.05) is 0 Å². The van der Waals surface area contributed by atoms with Crippen LogP contribution in [0.15, 0.2) is 36.7 Å². The Morgan fingerprint density at radius 3 is 2.70 bits per heavy atom. The van der Waals surface area contributed by atoms with E-state index in [0.717, 1.165) is 18.2 Å². The fraction of sp³-hybridized carbons (Fsp3) is 0.381. The summed E-state index contributed by atoms with van der Waals surface area (Å²) in [5.41, 5.74) is 0.560. The van der Waals surface area contributed by atoms with Gasteiger partial charge in [-0.3, -0.25) is 0 Å². The highest BCUT2D eigenvalue weighted by Gasteiger charge is 2.36. The van der Waals surface area contributed by atoms with E-state index in [2.05, 4.69) is 15.4 Å². The van der Waals surface area contributed by atoms with Crippen LogP contribution in [0.4, 0.5) is 29.5 Å². The highest BCUT2D eigenvalue weighted by molar-refractivity contribution is 5.93. The molecule has 1 aliphatic heterocycles. The third kappa shape index (κ3) is 4.71. The molecule has 1 aromatic carbocycles. The van der Waals surface area contributed by atoms with Gasteiger partial charge in [-0.05, 0) is 24.3 Å². The van der Waals surface area contributed by atoms with E-state index < -0.39 is 29.9 Å². The first kappa shape index (κ1) is 22.8. The number of fused-ring (bicyclic) bond motifs is 1. The van der Waals surface area contributed by atoms with E-state index in [0.29, 0.717) is 5.82 Å². The molecule has 9 nitrogen and oxygen atoms in total. The maximum Gasteiger partial charge on any atom is 0.322 e. The Balaban J connectivity index is 1.64. The zero-order chi connectivity index (χ0) is 23.5. The number of nitrogens with one attached hydrogen (secondary N) is 1. The second-order valence-electron chi connectivity index (χ2n) is 7.64. The van der Waals surface area contributed by atoms with Crippen molar-refractivity contribution in [2.45, 2.75) is 18.6 Å². The number of anilines is 2. The summed E-state index contributed by atoms with van der Waals surface area (Å²) in [4.78, 5) is 19.8. The molecule has 0 radical (unpaired) electrons. The van der Waals surface area contributed by atoms with Crippen molar-refractivity contribution in [1.82, 2.24) is 19.5 Å². The number of rotatable bonds is 7. The van der Waals surface area contributed by atoms with Crippen LogP contribution in [-0.4, -0.2) is 74.8 Å². The van der Waals surface area contributed by atoms with Gasteiger partial charge in [0.25, 0.3) is 0 Å². The summed E-state index contributed by atoms with van der Waals surface area (Å²) in [5.74, 6) is -0.935. The predicted molar refractivity (Wildman–Crippen MR) is 114 cm³/mol. The number of aliphatic hydroxyl groups excluding tert-OH is 2. The number of benzene rings is 1. The highest BCUT2D eigenvalue weighted by atomic mass is 19.1. The molecule has 1 saturated heterocycles. The molecule has 4 rings (SSSR count). The summed E-state index contributed by atoms with van der Waals surface area (Å²) in [6.45, 7) is -0.558. The van der Waals surface area contributed by atoms with Crippen LogP contribution in [0.25, 0.3) is 5.65 Å². The molecule has 12 heteroatoms. The highest BCUT2D eigenvalue weighted by Crippen LogP contribution is 2.38. The number of carbonyl (C=O) groups excluding carboxylic acids is 1. The number of halogens is 3. The summed E-state index contributed by atoms with van der Waals surface area (Å²) in [5, 5.41) is 25.0. The molecule has 0 spiro atoms. The van der Waals surface area contributed by atoms with E-state index in [1.54, 1.807) is 17.2 Å². The van der Waals surface area contributed by atoms with E-state index in [9.17, 15) is 18.0 Å². The number of aliphatic hydroxyl groups is 2. The summed E-state index contributed by atoms with van der Waals surface area (Å²) in [6.07, 6.45) is 1.67. The number of hydrogen-bond acceptors (Lipinski definition) is 6. The second-order valence-corrected chi connectivity index (χ2v) is 7.64. The van der Waals surface area contributed by atoms with Gasteiger partial charge in [0.15, 0.2) is 5.65 Å². The predicted octanol–water partition coefficient (Wildman–Crippen LogP) is 2.12. The summed E-state index contributed by atoms with van der Waals surface area (Å²) in [7, 11) is 0. The molecule has 3 aromatic rings. The minimum Gasteiger partial charge on any atom is -0.395 e. The van der Waals surface area contributed by atoms with E-state index in [1.165, 1.54) is 15.6 Å². The van der Waals surface area contributed by atoms with Crippen LogP contribution < -0.4 is 10.2 Å². The van der Waals surface area contributed by atoms with E-state index in [-0.39, 0.29) is 56.2 Å². The average molecular weight is 464 g/mol. The zero-order valence-corrected chi connectivity index (χ0v) is 17.5.